The van der Waals surface area contributed by atoms with E-state index >= 15 is 0 Å². The van der Waals surface area contributed by atoms with E-state index in [1.54, 1.807) is 12.2 Å². The quantitative estimate of drug-likeness (QED) is 0.291. The lowest BCUT2D eigenvalue weighted by Gasteiger charge is -2.34. The second-order valence-corrected chi connectivity index (χ2v) is 11.7. The second kappa shape index (κ2) is 14.8. The Balaban J connectivity index is 0.000000850. The zero-order valence-electron chi connectivity index (χ0n) is 25.1. The number of hydrogen-bond acceptors (Lipinski definition) is 6. The topological polar surface area (TPSA) is 119 Å². The van der Waals surface area contributed by atoms with Crippen LogP contribution in [-0.2, 0) is 29.0 Å². The Kier molecular flexibility index (Phi) is 11.5. The van der Waals surface area contributed by atoms with E-state index in [1.165, 1.54) is 35.8 Å². The number of amides is 1. The Hall–Kier alpha value is -3.65. The maximum atomic E-state index is 12.7. The number of oxazole rings is 1. The van der Waals surface area contributed by atoms with Crippen molar-refractivity contribution < 1.29 is 23.8 Å². The molecule has 1 atom stereocenters. The van der Waals surface area contributed by atoms with Crippen molar-refractivity contribution in [2.75, 3.05) is 6.61 Å². The van der Waals surface area contributed by atoms with Crippen molar-refractivity contribution in [1.82, 2.24) is 9.88 Å². The zero-order chi connectivity index (χ0) is 30.0. The lowest BCUT2D eigenvalue weighted by Crippen LogP contribution is -2.48. The van der Waals surface area contributed by atoms with Gasteiger partial charge in [-0.05, 0) is 89.6 Å². The molecule has 222 valence electrons. The summed E-state index contributed by atoms with van der Waals surface area (Å²) in [5.74, 6) is 0.847. The Labute approximate surface area is 244 Å². The maximum Gasteiger partial charge on any atom is 0.326 e. The third kappa shape index (κ3) is 10.4. The summed E-state index contributed by atoms with van der Waals surface area (Å²) in [5, 5.41) is 9.68. The van der Waals surface area contributed by atoms with Crippen LogP contribution in [0.25, 0.3) is 6.08 Å². The molecule has 4 rings (SSSR count). The van der Waals surface area contributed by atoms with Crippen LogP contribution < -0.4 is 10.5 Å². The Morgan fingerprint density at radius 3 is 2.54 bits per heavy atom. The summed E-state index contributed by atoms with van der Waals surface area (Å²) in [4.78, 5) is 30.5. The molecule has 2 heterocycles. The minimum absolute atomic E-state index is 0. The fourth-order valence-electron chi connectivity index (χ4n) is 4.78. The lowest BCUT2D eigenvalue weighted by molar-refractivity contribution is -0.149. The number of carbonyl (C=O) groups excluding carboxylic acids is 1. The van der Waals surface area contributed by atoms with E-state index in [0.717, 1.165) is 35.4 Å². The van der Waals surface area contributed by atoms with E-state index < -0.39 is 12.0 Å². The molecule has 3 N–H and O–H groups in total. The molecule has 0 radical (unpaired) electrons. The smallest absolute Gasteiger partial charge is 0.326 e. The van der Waals surface area contributed by atoms with Crippen LogP contribution in [0.4, 0.5) is 0 Å². The SMILES string of the molecule is C/C=C/C=C/C(=O)N1Cc2cc(OCCc3nc(C=C4CCCCC4)oc3C)ccc2C[C@H]1C(=O)O.CC(C)(C)N. The van der Waals surface area contributed by atoms with Gasteiger partial charge in [0, 0.05) is 31.0 Å². The first-order valence-electron chi connectivity index (χ1n) is 14.5. The Bertz CT molecular complexity index is 1270. The number of carboxylic acids is 1. The summed E-state index contributed by atoms with van der Waals surface area (Å²) in [5.41, 5.74) is 9.48. The van der Waals surface area contributed by atoms with E-state index in [4.69, 9.17) is 14.9 Å². The number of aromatic nitrogens is 1. The van der Waals surface area contributed by atoms with Gasteiger partial charge in [-0.1, -0.05) is 36.3 Å². The van der Waals surface area contributed by atoms with Gasteiger partial charge in [-0.2, -0.15) is 0 Å². The largest absolute Gasteiger partial charge is 0.493 e. The van der Waals surface area contributed by atoms with Gasteiger partial charge >= 0.3 is 5.97 Å². The highest BCUT2D eigenvalue weighted by Gasteiger charge is 2.33. The third-order valence-electron chi connectivity index (χ3n) is 6.76. The summed E-state index contributed by atoms with van der Waals surface area (Å²) in [7, 11) is 0. The number of ether oxygens (including phenoxy) is 1. The number of aryl methyl sites for hydroxylation is 1. The van der Waals surface area contributed by atoms with Crippen molar-refractivity contribution in [3.05, 3.63) is 76.5 Å². The van der Waals surface area contributed by atoms with Crippen LogP contribution in [0, 0.1) is 6.92 Å². The monoisotopic (exact) mass is 563 g/mol. The van der Waals surface area contributed by atoms with Crippen molar-refractivity contribution in [3.8, 4) is 5.75 Å². The van der Waals surface area contributed by atoms with Gasteiger partial charge < -0.3 is 24.9 Å². The first-order chi connectivity index (χ1) is 19.4. The van der Waals surface area contributed by atoms with Crippen molar-refractivity contribution >= 4 is 18.0 Å². The van der Waals surface area contributed by atoms with Crippen molar-refractivity contribution in [2.45, 2.75) is 97.7 Å². The van der Waals surface area contributed by atoms with Crippen LogP contribution in [0.2, 0.25) is 0 Å². The van der Waals surface area contributed by atoms with Crippen molar-refractivity contribution in [2.24, 2.45) is 5.73 Å². The highest BCUT2D eigenvalue weighted by Crippen LogP contribution is 2.28. The summed E-state index contributed by atoms with van der Waals surface area (Å²) < 4.78 is 11.9. The zero-order valence-corrected chi connectivity index (χ0v) is 25.1. The van der Waals surface area contributed by atoms with Gasteiger partial charge in [0.25, 0.3) is 0 Å². The summed E-state index contributed by atoms with van der Waals surface area (Å²) in [6.07, 6.45) is 15.6. The van der Waals surface area contributed by atoms with Crippen LogP contribution >= 0.6 is 0 Å². The molecule has 1 aromatic heterocycles. The molecule has 1 fully saturated rings. The number of rotatable bonds is 8. The third-order valence-corrected chi connectivity index (χ3v) is 6.76. The number of benzene rings is 1. The number of carbonyl (C=O) groups is 2. The van der Waals surface area contributed by atoms with Crippen molar-refractivity contribution in [3.63, 3.8) is 0 Å². The summed E-state index contributed by atoms with van der Waals surface area (Å²) in [6.45, 7) is 10.3. The molecule has 0 saturated heterocycles. The van der Waals surface area contributed by atoms with Crippen LogP contribution in [0.15, 0.2) is 52.5 Å². The van der Waals surface area contributed by atoms with E-state index in [2.05, 4.69) is 11.1 Å². The van der Waals surface area contributed by atoms with Crippen LogP contribution in [-0.4, -0.2) is 45.1 Å². The van der Waals surface area contributed by atoms with Gasteiger partial charge in [0.05, 0.1) is 12.3 Å². The number of nitrogens with zero attached hydrogens (tertiary/aromatic N) is 2. The standard InChI is InChI=1S/C29H34N2O5.C4H11N/c1-3-4-6-11-28(32)31-19-23-17-24(13-12-22(23)18-26(31)29(33)34)35-15-14-25-20(2)36-27(30-25)16-21-9-7-5-8-10-21;1-4(2,3)5/h3-4,6,11-13,16-17,26H,5,7-10,14-15,18-19H2,1-2H3,(H,33,34);5H2,1-3H3/b4-3+,11-6+;/t26-;/m0./s1. The predicted octanol–water partition coefficient (Wildman–Crippen LogP) is 6.17. The molecule has 1 saturated carbocycles. The Morgan fingerprint density at radius 1 is 1.17 bits per heavy atom. The molecule has 41 heavy (non-hydrogen) atoms. The molecule has 1 aromatic carbocycles. The van der Waals surface area contributed by atoms with Gasteiger partial charge in [0.1, 0.15) is 17.6 Å². The number of carboxylic acid groups (broad SMARTS) is 1. The first-order valence-corrected chi connectivity index (χ1v) is 14.5. The number of fused-ring (bicyclic) bond motifs is 1. The Morgan fingerprint density at radius 2 is 1.88 bits per heavy atom. The molecule has 8 nitrogen and oxygen atoms in total. The first kappa shape index (κ1) is 31.9. The number of nitrogens with two attached hydrogens (primary N) is 1. The van der Waals surface area contributed by atoms with E-state index in [-0.39, 0.29) is 24.4 Å². The van der Waals surface area contributed by atoms with Gasteiger partial charge in [0.2, 0.25) is 11.8 Å². The lowest BCUT2D eigenvalue weighted by atomic mass is 9.93. The van der Waals surface area contributed by atoms with Gasteiger partial charge in [0.15, 0.2) is 0 Å². The number of hydrogen-bond donors (Lipinski definition) is 2. The fraction of sp³-hybridized carbons (Fsp3) is 0.485. The predicted molar refractivity (Wildman–Crippen MR) is 162 cm³/mol. The molecule has 2 aromatic rings. The molecule has 0 bridgehead atoms. The van der Waals surface area contributed by atoms with Gasteiger partial charge in [-0.3, -0.25) is 4.79 Å². The van der Waals surface area contributed by atoms with E-state index in [1.807, 2.05) is 58.9 Å². The van der Waals surface area contributed by atoms with Gasteiger partial charge in [-0.15, -0.1) is 0 Å². The summed E-state index contributed by atoms with van der Waals surface area (Å²) >= 11 is 0. The van der Waals surface area contributed by atoms with Crippen molar-refractivity contribution in [1.29, 1.82) is 0 Å². The minimum Gasteiger partial charge on any atom is -0.493 e. The molecule has 1 aliphatic heterocycles. The fourth-order valence-corrected chi connectivity index (χ4v) is 4.78. The van der Waals surface area contributed by atoms with Gasteiger partial charge in [-0.25, -0.2) is 9.78 Å². The minimum atomic E-state index is -1.00. The van der Waals surface area contributed by atoms with Crippen LogP contribution in [0.1, 0.15) is 88.3 Å². The molecule has 0 unspecified atom stereocenters. The number of allylic oxidation sites excluding steroid dienone is 4. The molecule has 2 aliphatic rings. The van der Waals surface area contributed by atoms with Crippen LogP contribution in [0.3, 0.4) is 0 Å². The average molecular weight is 564 g/mol. The van der Waals surface area contributed by atoms with E-state index in [0.29, 0.717) is 24.7 Å². The molecular formula is C33H45N3O5. The normalized spacial score (nSPS) is 17.3. The highest BCUT2D eigenvalue weighted by atomic mass is 16.5. The molecular weight excluding hydrogens is 518 g/mol. The number of aliphatic carboxylic acids is 1. The molecule has 0 spiro atoms. The molecule has 1 amide bonds. The maximum absolute atomic E-state index is 12.7. The molecule has 8 heteroatoms. The highest BCUT2D eigenvalue weighted by molar-refractivity contribution is 5.92. The second-order valence-electron chi connectivity index (χ2n) is 11.7. The van der Waals surface area contributed by atoms with E-state index in [9.17, 15) is 14.7 Å². The molecule has 1 aliphatic carbocycles. The summed E-state index contributed by atoms with van der Waals surface area (Å²) in [6, 6.07) is 4.77. The average Bonchev–Trinajstić information content (AvgIpc) is 3.25. The van der Waals surface area contributed by atoms with Crippen LogP contribution in [0.5, 0.6) is 5.75 Å².